The average Bonchev–Trinajstić information content (AvgIpc) is 2.55. The Morgan fingerprint density at radius 2 is 1.82 bits per heavy atom. The monoisotopic (exact) mass is 329 g/mol. The van der Waals surface area contributed by atoms with E-state index in [1.807, 2.05) is 0 Å². The lowest BCUT2D eigenvalue weighted by Gasteiger charge is -2.40. The van der Waals surface area contributed by atoms with Gasteiger partial charge in [-0.25, -0.2) is 4.79 Å². The number of carbonyl (C=O) groups is 2. The van der Waals surface area contributed by atoms with Crippen LogP contribution in [0.2, 0.25) is 18.1 Å². The fourth-order valence-corrected chi connectivity index (χ4v) is 4.37. The van der Waals surface area contributed by atoms with Gasteiger partial charge in [0.05, 0.1) is 25.3 Å². The molecule has 1 amide bonds. The number of rotatable bonds is 2. The minimum Gasteiger partial charge on any atom is -0.453 e. The zero-order chi connectivity index (χ0) is 16.9. The number of methoxy groups -OCH3 is 1. The normalized spacial score (nSPS) is 32.3. The molecular formula is C15H27NO5Si. The molecule has 7 heteroatoms. The Morgan fingerprint density at radius 1 is 1.27 bits per heavy atom. The van der Waals surface area contributed by atoms with Gasteiger partial charge >= 0.3 is 6.09 Å². The Balaban J connectivity index is 2.29. The molecule has 4 atom stereocenters. The van der Waals surface area contributed by atoms with Gasteiger partial charge in [0, 0.05) is 12.8 Å². The van der Waals surface area contributed by atoms with Crippen LogP contribution in [0.5, 0.6) is 0 Å². The Kier molecular flexibility index (Phi) is 4.45. The van der Waals surface area contributed by atoms with Gasteiger partial charge in [-0.3, -0.25) is 9.69 Å². The quantitative estimate of drug-likeness (QED) is 0.783. The summed E-state index contributed by atoms with van der Waals surface area (Å²) in [5, 5.41) is 10.6. The van der Waals surface area contributed by atoms with E-state index in [0.717, 1.165) is 0 Å². The fourth-order valence-electron chi connectivity index (χ4n) is 3.04. The van der Waals surface area contributed by atoms with Gasteiger partial charge in [0.25, 0.3) is 0 Å². The number of hydrogen-bond donors (Lipinski definition) is 1. The van der Waals surface area contributed by atoms with Crippen LogP contribution in [0.15, 0.2) is 0 Å². The van der Waals surface area contributed by atoms with Crippen molar-refractivity contribution in [2.24, 2.45) is 0 Å². The number of nitrogens with zero attached hydrogens (tertiary/aromatic N) is 1. The van der Waals surface area contributed by atoms with Gasteiger partial charge in [0.15, 0.2) is 8.32 Å². The minimum absolute atomic E-state index is 0.0104. The lowest BCUT2D eigenvalue weighted by Crippen LogP contribution is -2.51. The standard InChI is InChI=1S/C15H27NO5Si/c1-15(2,3)22(5,6)21-13-11-8-9(17)7-10(12(13)18)16(11)14(19)20-4/h10-13,18H,7-8H2,1-6H3/t10-,11+,12-,13+/m1/s1. The molecule has 2 bridgehead atoms. The molecule has 2 saturated heterocycles. The maximum Gasteiger partial charge on any atom is 0.410 e. The number of Topliss-reactive ketones (excluding diaryl/α,β-unsaturated/α-hetero) is 1. The highest BCUT2D eigenvalue weighted by Gasteiger charge is 2.57. The molecule has 0 unspecified atom stereocenters. The first-order chi connectivity index (χ1) is 9.99. The molecule has 2 fully saturated rings. The summed E-state index contributed by atoms with van der Waals surface area (Å²) in [5.41, 5.74) is 0. The van der Waals surface area contributed by atoms with E-state index < -0.39 is 38.7 Å². The van der Waals surface area contributed by atoms with Crippen LogP contribution in [0.25, 0.3) is 0 Å². The molecule has 0 aromatic heterocycles. The third kappa shape index (κ3) is 2.81. The van der Waals surface area contributed by atoms with Gasteiger partial charge in [-0.2, -0.15) is 0 Å². The van der Waals surface area contributed by atoms with Crippen molar-refractivity contribution in [2.75, 3.05) is 7.11 Å². The van der Waals surface area contributed by atoms with Crippen molar-refractivity contribution in [1.29, 1.82) is 0 Å². The third-order valence-corrected chi connectivity index (χ3v) is 9.79. The predicted octanol–water partition coefficient (Wildman–Crippen LogP) is 1.92. The number of hydrogen-bond acceptors (Lipinski definition) is 5. The fraction of sp³-hybridized carbons (Fsp3) is 0.867. The molecule has 22 heavy (non-hydrogen) atoms. The van der Waals surface area contributed by atoms with E-state index >= 15 is 0 Å². The smallest absolute Gasteiger partial charge is 0.410 e. The first-order valence-corrected chi connectivity index (χ1v) is 10.6. The number of aliphatic hydroxyl groups excluding tert-OH is 1. The van der Waals surface area contributed by atoms with Crippen molar-refractivity contribution in [1.82, 2.24) is 4.90 Å². The van der Waals surface area contributed by atoms with E-state index in [2.05, 4.69) is 33.9 Å². The van der Waals surface area contributed by atoms with Crippen LogP contribution in [0.4, 0.5) is 4.79 Å². The zero-order valence-corrected chi connectivity index (χ0v) is 15.3. The number of fused-ring (bicyclic) bond motifs is 2. The topological polar surface area (TPSA) is 76.1 Å². The highest BCUT2D eigenvalue weighted by Crippen LogP contribution is 2.43. The van der Waals surface area contributed by atoms with Crippen molar-refractivity contribution in [3.05, 3.63) is 0 Å². The molecule has 1 N–H and O–H groups in total. The largest absolute Gasteiger partial charge is 0.453 e. The predicted molar refractivity (Wildman–Crippen MR) is 84.1 cm³/mol. The second-order valence-electron chi connectivity index (χ2n) is 7.79. The maximum atomic E-state index is 12.0. The third-order valence-electron chi connectivity index (χ3n) is 5.32. The highest BCUT2D eigenvalue weighted by atomic mass is 28.4. The van der Waals surface area contributed by atoms with Crippen LogP contribution >= 0.6 is 0 Å². The van der Waals surface area contributed by atoms with Gasteiger partial charge in [-0.15, -0.1) is 0 Å². The summed E-state index contributed by atoms with van der Waals surface area (Å²) in [6.07, 6.45) is -1.46. The molecule has 2 aliphatic rings. The van der Waals surface area contributed by atoms with Crippen LogP contribution < -0.4 is 0 Å². The van der Waals surface area contributed by atoms with Crippen LogP contribution in [-0.2, 0) is 14.0 Å². The summed E-state index contributed by atoms with van der Waals surface area (Å²) >= 11 is 0. The number of ether oxygens (including phenoxy) is 1. The summed E-state index contributed by atoms with van der Waals surface area (Å²) < 4.78 is 11.2. The Labute approximate surface area is 132 Å². The van der Waals surface area contributed by atoms with E-state index in [-0.39, 0.29) is 23.7 Å². The molecule has 2 rings (SSSR count). The van der Waals surface area contributed by atoms with Gasteiger partial charge in [0.2, 0.25) is 0 Å². The van der Waals surface area contributed by atoms with E-state index in [1.165, 1.54) is 12.0 Å². The minimum atomic E-state index is -2.12. The molecule has 0 aliphatic carbocycles. The summed E-state index contributed by atoms with van der Waals surface area (Å²) in [6, 6.07) is -0.962. The van der Waals surface area contributed by atoms with Crippen LogP contribution in [0.3, 0.4) is 0 Å². The molecular weight excluding hydrogens is 302 g/mol. The molecule has 6 nitrogen and oxygen atoms in total. The lowest BCUT2D eigenvalue weighted by molar-refractivity contribution is -0.123. The van der Waals surface area contributed by atoms with Gasteiger partial charge in [-0.05, 0) is 18.1 Å². The number of aliphatic hydroxyl groups is 1. The van der Waals surface area contributed by atoms with Crippen molar-refractivity contribution < 1.29 is 23.9 Å². The van der Waals surface area contributed by atoms with E-state index in [9.17, 15) is 14.7 Å². The first kappa shape index (κ1) is 17.4. The van der Waals surface area contributed by atoms with Crippen LogP contribution in [0, 0.1) is 0 Å². The second-order valence-corrected chi connectivity index (χ2v) is 12.5. The number of amides is 1. The summed E-state index contributed by atoms with van der Waals surface area (Å²) in [4.78, 5) is 25.4. The molecule has 0 aromatic rings. The molecule has 126 valence electrons. The summed E-state index contributed by atoms with van der Waals surface area (Å²) in [7, 11) is -0.805. The van der Waals surface area contributed by atoms with E-state index in [4.69, 9.17) is 9.16 Å². The first-order valence-electron chi connectivity index (χ1n) is 7.73. The number of ketones is 1. The Hall–Kier alpha value is -0.923. The van der Waals surface area contributed by atoms with Gasteiger partial charge in [0.1, 0.15) is 11.9 Å². The lowest BCUT2D eigenvalue weighted by atomic mass is 10.0. The Morgan fingerprint density at radius 3 is 2.32 bits per heavy atom. The average molecular weight is 329 g/mol. The van der Waals surface area contributed by atoms with Gasteiger partial charge in [-0.1, -0.05) is 20.8 Å². The molecule has 2 heterocycles. The number of piperidine rings is 1. The van der Waals surface area contributed by atoms with E-state index in [1.54, 1.807) is 0 Å². The van der Waals surface area contributed by atoms with Gasteiger partial charge < -0.3 is 14.3 Å². The SMILES string of the molecule is COC(=O)N1[C@@H]2CC(=O)C[C@H]1[C@H](O[Si](C)(C)C(C)(C)C)[C@@H]2O. The van der Waals surface area contributed by atoms with Crippen molar-refractivity contribution in [3.8, 4) is 0 Å². The van der Waals surface area contributed by atoms with Crippen molar-refractivity contribution in [3.63, 3.8) is 0 Å². The highest BCUT2D eigenvalue weighted by molar-refractivity contribution is 6.74. The van der Waals surface area contributed by atoms with E-state index in [0.29, 0.717) is 0 Å². The molecule has 0 aromatic carbocycles. The molecule has 2 aliphatic heterocycles. The second kappa shape index (κ2) is 5.61. The number of carbonyl (C=O) groups excluding carboxylic acids is 2. The molecule has 0 radical (unpaired) electrons. The van der Waals surface area contributed by atoms with Crippen LogP contribution in [-0.4, -0.2) is 61.6 Å². The van der Waals surface area contributed by atoms with Crippen molar-refractivity contribution >= 4 is 20.2 Å². The molecule has 0 saturated carbocycles. The zero-order valence-electron chi connectivity index (χ0n) is 14.3. The van der Waals surface area contributed by atoms with Crippen LogP contribution in [0.1, 0.15) is 33.6 Å². The molecule has 0 spiro atoms. The van der Waals surface area contributed by atoms with Crippen molar-refractivity contribution in [2.45, 2.75) is 76.0 Å². The summed E-state index contributed by atoms with van der Waals surface area (Å²) in [6.45, 7) is 10.6. The maximum absolute atomic E-state index is 12.0. The summed E-state index contributed by atoms with van der Waals surface area (Å²) in [5.74, 6) is 0.0653. The Bertz CT molecular complexity index is 473.